The molecule has 4 nitrogen and oxygen atoms in total. The Hall–Kier alpha value is -1.17. The van der Waals surface area contributed by atoms with E-state index in [4.69, 9.17) is 5.73 Å². The molecule has 2 aromatic heterocycles. The molecule has 0 radical (unpaired) electrons. The van der Waals surface area contributed by atoms with Crippen molar-refractivity contribution in [2.45, 2.75) is 6.54 Å². The van der Waals surface area contributed by atoms with Crippen molar-refractivity contribution in [2.75, 3.05) is 6.54 Å². The molecule has 0 aliphatic rings. The van der Waals surface area contributed by atoms with E-state index < -0.39 is 0 Å². The minimum atomic E-state index is -0.347. The lowest BCUT2D eigenvalue weighted by Crippen LogP contribution is -2.10. The number of halogens is 3. The van der Waals surface area contributed by atoms with Crippen molar-refractivity contribution in [3.8, 4) is 11.4 Å². The second-order valence-electron chi connectivity index (χ2n) is 3.11. The molecule has 0 saturated heterocycles. The van der Waals surface area contributed by atoms with Crippen LogP contribution < -0.4 is 5.73 Å². The minimum absolute atomic E-state index is 0. The van der Waals surface area contributed by atoms with Gasteiger partial charge in [-0.2, -0.15) is 5.10 Å². The van der Waals surface area contributed by atoms with E-state index >= 15 is 0 Å². The van der Waals surface area contributed by atoms with E-state index in [2.05, 4.69) is 10.1 Å². The van der Waals surface area contributed by atoms with Gasteiger partial charge in [0.25, 0.3) is 0 Å². The molecule has 0 spiro atoms. The molecule has 94 valence electrons. The van der Waals surface area contributed by atoms with Crippen molar-refractivity contribution in [1.82, 2.24) is 14.8 Å². The van der Waals surface area contributed by atoms with Crippen LogP contribution in [-0.2, 0) is 6.54 Å². The molecule has 0 aliphatic heterocycles. The first kappa shape index (κ1) is 15.8. The van der Waals surface area contributed by atoms with Crippen LogP contribution in [0.1, 0.15) is 0 Å². The van der Waals surface area contributed by atoms with E-state index in [1.807, 2.05) is 12.3 Å². The van der Waals surface area contributed by atoms with E-state index in [-0.39, 0.29) is 30.6 Å². The number of rotatable bonds is 3. The Balaban J connectivity index is 0.00000128. The molecule has 0 atom stereocenters. The summed E-state index contributed by atoms with van der Waals surface area (Å²) < 4.78 is 14.4. The zero-order chi connectivity index (χ0) is 10.7. The maximum absolute atomic E-state index is 12.6. The molecule has 2 rings (SSSR count). The summed E-state index contributed by atoms with van der Waals surface area (Å²) in [6.45, 7) is 1.21. The lowest BCUT2D eigenvalue weighted by Gasteiger charge is -1.97. The number of nitrogens with two attached hydrogens (primary N) is 1. The summed E-state index contributed by atoms with van der Waals surface area (Å²) in [6, 6.07) is 4.80. The predicted octanol–water partition coefficient (Wildman–Crippen LogP) is 1.89. The normalized spacial score (nSPS) is 9.29. The second kappa shape index (κ2) is 7.21. The van der Waals surface area contributed by atoms with Gasteiger partial charge in [-0.25, -0.2) is 4.39 Å². The standard InChI is InChI=1S/C10H11FN4.2ClH/c11-8-1-2-9(13-7-8)10-3-5-15(14-10)6-4-12;;/h1-3,5,7H,4,6,12H2;2*1H. The van der Waals surface area contributed by atoms with E-state index in [1.165, 1.54) is 12.3 Å². The third-order valence-corrected chi connectivity index (χ3v) is 1.99. The van der Waals surface area contributed by atoms with Gasteiger partial charge < -0.3 is 5.73 Å². The van der Waals surface area contributed by atoms with Crippen molar-refractivity contribution in [1.29, 1.82) is 0 Å². The summed E-state index contributed by atoms with van der Waals surface area (Å²) >= 11 is 0. The molecule has 2 heterocycles. The summed E-state index contributed by atoms with van der Waals surface area (Å²) in [5, 5.41) is 4.25. The summed E-state index contributed by atoms with van der Waals surface area (Å²) in [4.78, 5) is 3.94. The topological polar surface area (TPSA) is 56.7 Å². The van der Waals surface area contributed by atoms with Gasteiger partial charge in [0.1, 0.15) is 11.5 Å². The average molecular weight is 279 g/mol. The van der Waals surface area contributed by atoms with Gasteiger partial charge in [0, 0.05) is 12.7 Å². The zero-order valence-electron chi connectivity index (χ0n) is 8.91. The fourth-order valence-electron chi connectivity index (χ4n) is 1.28. The molecular formula is C10H13Cl2FN4. The van der Waals surface area contributed by atoms with Crippen LogP contribution in [-0.4, -0.2) is 21.3 Å². The number of pyridine rings is 1. The molecule has 17 heavy (non-hydrogen) atoms. The van der Waals surface area contributed by atoms with Crippen LogP contribution in [0.15, 0.2) is 30.6 Å². The molecule has 2 N–H and O–H groups in total. The van der Waals surface area contributed by atoms with Crippen LogP contribution in [0.2, 0.25) is 0 Å². The van der Waals surface area contributed by atoms with Crippen LogP contribution >= 0.6 is 24.8 Å². The van der Waals surface area contributed by atoms with Crippen molar-refractivity contribution in [2.24, 2.45) is 5.73 Å². The highest BCUT2D eigenvalue weighted by molar-refractivity contribution is 5.85. The molecule has 2 aromatic rings. The SMILES string of the molecule is Cl.Cl.NCCn1ccc(-c2ccc(F)cn2)n1. The second-order valence-corrected chi connectivity index (χ2v) is 3.11. The van der Waals surface area contributed by atoms with E-state index in [9.17, 15) is 4.39 Å². The summed E-state index contributed by atoms with van der Waals surface area (Å²) in [5.74, 6) is -0.347. The Morgan fingerprint density at radius 2 is 1.94 bits per heavy atom. The molecule has 0 bridgehead atoms. The number of hydrogen-bond acceptors (Lipinski definition) is 3. The highest BCUT2D eigenvalue weighted by Crippen LogP contribution is 2.13. The van der Waals surface area contributed by atoms with Crippen molar-refractivity contribution >= 4 is 24.8 Å². The Kier molecular flexibility index (Phi) is 6.72. The predicted molar refractivity (Wildman–Crippen MR) is 69.0 cm³/mol. The maximum atomic E-state index is 12.6. The van der Waals surface area contributed by atoms with Gasteiger partial charge >= 0.3 is 0 Å². The van der Waals surface area contributed by atoms with Crippen molar-refractivity contribution < 1.29 is 4.39 Å². The summed E-state index contributed by atoms with van der Waals surface area (Å²) in [6.07, 6.45) is 3.00. The minimum Gasteiger partial charge on any atom is -0.329 e. The molecule has 7 heteroatoms. The van der Waals surface area contributed by atoms with Gasteiger partial charge in [-0.05, 0) is 18.2 Å². The Bertz CT molecular complexity index is 444. The largest absolute Gasteiger partial charge is 0.329 e. The molecule has 0 fully saturated rings. The van der Waals surface area contributed by atoms with Gasteiger partial charge in [-0.3, -0.25) is 9.67 Å². The third kappa shape index (κ3) is 3.96. The van der Waals surface area contributed by atoms with Crippen LogP contribution in [0.5, 0.6) is 0 Å². The molecule has 0 saturated carbocycles. The Morgan fingerprint density at radius 3 is 2.53 bits per heavy atom. The van der Waals surface area contributed by atoms with E-state index in [1.54, 1.807) is 10.7 Å². The molecular weight excluding hydrogens is 266 g/mol. The molecule has 0 amide bonds. The zero-order valence-corrected chi connectivity index (χ0v) is 10.5. The third-order valence-electron chi connectivity index (χ3n) is 1.99. The lowest BCUT2D eigenvalue weighted by atomic mass is 10.3. The van der Waals surface area contributed by atoms with Gasteiger partial charge in [0.05, 0.1) is 18.4 Å². The molecule has 0 aliphatic carbocycles. The highest BCUT2D eigenvalue weighted by atomic mass is 35.5. The smallest absolute Gasteiger partial charge is 0.141 e. The number of hydrogen-bond donors (Lipinski definition) is 1. The highest BCUT2D eigenvalue weighted by Gasteiger charge is 2.03. The van der Waals surface area contributed by atoms with Crippen LogP contribution in [0.4, 0.5) is 4.39 Å². The van der Waals surface area contributed by atoms with Crippen LogP contribution in [0, 0.1) is 5.82 Å². The van der Waals surface area contributed by atoms with Crippen molar-refractivity contribution in [3.63, 3.8) is 0 Å². The quantitative estimate of drug-likeness (QED) is 0.933. The van der Waals surface area contributed by atoms with E-state index in [0.29, 0.717) is 18.8 Å². The van der Waals surface area contributed by atoms with Gasteiger partial charge in [-0.1, -0.05) is 0 Å². The Morgan fingerprint density at radius 1 is 1.18 bits per heavy atom. The first-order valence-corrected chi connectivity index (χ1v) is 4.65. The fraction of sp³-hybridized carbons (Fsp3) is 0.200. The van der Waals surface area contributed by atoms with Gasteiger partial charge in [0.2, 0.25) is 0 Å². The van der Waals surface area contributed by atoms with Crippen LogP contribution in [0.25, 0.3) is 11.4 Å². The van der Waals surface area contributed by atoms with Crippen molar-refractivity contribution in [3.05, 3.63) is 36.4 Å². The summed E-state index contributed by atoms with van der Waals surface area (Å²) in [7, 11) is 0. The first-order valence-electron chi connectivity index (χ1n) is 4.65. The van der Waals surface area contributed by atoms with Gasteiger partial charge in [0.15, 0.2) is 0 Å². The first-order chi connectivity index (χ1) is 7.29. The van der Waals surface area contributed by atoms with E-state index in [0.717, 1.165) is 5.69 Å². The number of aromatic nitrogens is 3. The van der Waals surface area contributed by atoms with Gasteiger partial charge in [-0.15, -0.1) is 24.8 Å². The summed E-state index contributed by atoms with van der Waals surface area (Å²) in [5.41, 5.74) is 6.79. The lowest BCUT2D eigenvalue weighted by molar-refractivity contribution is 0.620. The molecule has 0 unspecified atom stereocenters. The average Bonchev–Trinajstić information content (AvgIpc) is 2.68. The Labute approximate surface area is 111 Å². The molecule has 0 aromatic carbocycles. The van der Waals surface area contributed by atoms with Crippen LogP contribution in [0.3, 0.4) is 0 Å². The fourth-order valence-corrected chi connectivity index (χ4v) is 1.28. The number of nitrogens with zero attached hydrogens (tertiary/aromatic N) is 3. The monoisotopic (exact) mass is 278 g/mol. The maximum Gasteiger partial charge on any atom is 0.141 e.